The molecule has 3 rings (SSSR count). The molecule has 0 bridgehead atoms. The molecule has 0 saturated heterocycles. The molecule has 3 nitrogen and oxygen atoms in total. The van der Waals surface area contributed by atoms with E-state index >= 15 is 0 Å². The maximum atomic E-state index is 4.59. The lowest BCUT2D eigenvalue weighted by Crippen LogP contribution is -2.28. The topological polar surface area (TPSA) is 29.3 Å². The molecule has 17 heavy (non-hydrogen) atoms. The van der Waals surface area contributed by atoms with E-state index in [4.69, 9.17) is 0 Å². The Kier molecular flexibility index (Phi) is 3.16. The van der Waals surface area contributed by atoms with Crippen molar-refractivity contribution in [2.45, 2.75) is 45.2 Å². The zero-order chi connectivity index (χ0) is 11.7. The van der Waals surface area contributed by atoms with Crippen LogP contribution >= 0.6 is 11.3 Å². The van der Waals surface area contributed by atoms with E-state index in [2.05, 4.69) is 39.4 Å². The van der Waals surface area contributed by atoms with E-state index in [0.29, 0.717) is 6.04 Å². The fraction of sp³-hybridized carbons (Fsp3) is 0.615. The summed E-state index contributed by atoms with van der Waals surface area (Å²) in [5, 5.41) is 5.71. The van der Waals surface area contributed by atoms with Crippen LogP contribution in [0.4, 0.5) is 0 Å². The van der Waals surface area contributed by atoms with Crippen LogP contribution in [0.3, 0.4) is 0 Å². The van der Waals surface area contributed by atoms with Crippen LogP contribution in [0.15, 0.2) is 17.8 Å². The third-order valence-electron chi connectivity index (χ3n) is 3.52. The maximum absolute atomic E-state index is 4.59. The second kappa shape index (κ2) is 4.78. The molecule has 1 N–H and O–H groups in total. The van der Waals surface area contributed by atoms with Gasteiger partial charge in [-0.2, -0.15) is 0 Å². The number of nitrogens with one attached hydrogen (secondary N) is 1. The zero-order valence-corrected chi connectivity index (χ0v) is 11.0. The van der Waals surface area contributed by atoms with E-state index in [1.54, 1.807) is 11.3 Å². The summed E-state index contributed by atoms with van der Waals surface area (Å²) < 4.78 is 2.10. The number of imidazole rings is 1. The van der Waals surface area contributed by atoms with Crippen LogP contribution in [-0.4, -0.2) is 15.4 Å². The van der Waals surface area contributed by atoms with Gasteiger partial charge >= 0.3 is 0 Å². The van der Waals surface area contributed by atoms with Crippen LogP contribution in [-0.2, 0) is 6.54 Å². The smallest absolute Gasteiger partial charge is 0.193 e. The molecule has 1 saturated carbocycles. The van der Waals surface area contributed by atoms with Gasteiger partial charge in [-0.1, -0.05) is 19.8 Å². The molecule has 1 aliphatic rings. The molecule has 4 heteroatoms. The first-order valence-electron chi connectivity index (χ1n) is 6.49. The lowest BCUT2D eigenvalue weighted by molar-refractivity contribution is 0.443. The van der Waals surface area contributed by atoms with Crippen molar-refractivity contribution < 1.29 is 0 Å². The van der Waals surface area contributed by atoms with Crippen LogP contribution in [0.1, 0.15) is 38.3 Å². The Morgan fingerprint density at radius 2 is 2.47 bits per heavy atom. The standard InChI is InChI=1S/C13H19N3S/c1-2-11(7-10-3-4-10)14-8-12-9-16-5-6-17-13(16)15-12/h5-6,9-11,14H,2-4,7-8H2,1H3. The second-order valence-corrected chi connectivity index (χ2v) is 5.86. The first kappa shape index (κ1) is 11.2. The van der Waals surface area contributed by atoms with Crippen molar-refractivity contribution in [1.29, 1.82) is 0 Å². The average molecular weight is 249 g/mol. The highest BCUT2D eigenvalue weighted by Gasteiger charge is 2.24. The second-order valence-electron chi connectivity index (χ2n) is 4.99. The van der Waals surface area contributed by atoms with Gasteiger partial charge in [0.15, 0.2) is 4.96 Å². The van der Waals surface area contributed by atoms with E-state index in [-0.39, 0.29) is 0 Å². The first-order chi connectivity index (χ1) is 8.35. The van der Waals surface area contributed by atoms with E-state index in [0.717, 1.165) is 23.1 Å². The Labute approximate surface area is 106 Å². The lowest BCUT2D eigenvalue weighted by atomic mass is 10.1. The van der Waals surface area contributed by atoms with Gasteiger partial charge in [-0.25, -0.2) is 4.98 Å². The number of rotatable bonds is 6. The van der Waals surface area contributed by atoms with Crippen molar-refractivity contribution in [3.8, 4) is 0 Å². The summed E-state index contributed by atoms with van der Waals surface area (Å²) in [6, 6.07) is 0.669. The maximum Gasteiger partial charge on any atom is 0.193 e. The molecule has 2 aromatic rings. The highest BCUT2D eigenvalue weighted by Crippen LogP contribution is 2.34. The van der Waals surface area contributed by atoms with Crippen LogP contribution in [0.2, 0.25) is 0 Å². The van der Waals surface area contributed by atoms with Gasteiger partial charge in [0.2, 0.25) is 0 Å². The fourth-order valence-electron chi connectivity index (χ4n) is 2.26. The fourth-order valence-corrected chi connectivity index (χ4v) is 2.98. The molecule has 2 aromatic heterocycles. The van der Waals surface area contributed by atoms with Gasteiger partial charge in [-0.3, -0.25) is 4.40 Å². The number of nitrogens with zero attached hydrogens (tertiary/aromatic N) is 2. The Morgan fingerprint density at radius 1 is 1.59 bits per heavy atom. The monoisotopic (exact) mass is 249 g/mol. The summed E-state index contributed by atoms with van der Waals surface area (Å²) >= 11 is 1.69. The summed E-state index contributed by atoms with van der Waals surface area (Å²) in [5.41, 5.74) is 1.16. The zero-order valence-electron chi connectivity index (χ0n) is 10.2. The van der Waals surface area contributed by atoms with Gasteiger partial charge in [0.05, 0.1) is 5.69 Å². The lowest BCUT2D eigenvalue weighted by Gasteiger charge is -2.15. The summed E-state index contributed by atoms with van der Waals surface area (Å²) in [6.07, 6.45) is 9.65. The predicted molar refractivity (Wildman–Crippen MR) is 71.3 cm³/mol. The summed E-state index contributed by atoms with van der Waals surface area (Å²) in [6.45, 7) is 3.17. The number of hydrogen-bond acceptors (Lipinski definition) is 3. The van der Waals surface area contributed by atoms with E-state index in [9.17, 15) is 0 Å². The molecule has 0 amide bonds. The number of aromatic nitrogens is 2. The van der Waals surface area contributed by atoms with Gasteiger partial charge in [0, 0.05) is 30.4 Å². The largest absolute Gasteiger partial charge is 0.308 e. The Balaban J connectivity index is 1.56. The van der Waals surface area contributed by atoms with Crippen molar-refractivity contribution in [3.63, 3.8) is 0 Å². The minimum atomic E-state index is 0.669. The third-order valence-corrected chi connectivity index (χ3v) is 4.29. The summed E-state index contributed by atoms with van der Waals surface area (Å²) in [5.74, 6) is 0.998. The van der Waals surface area contributed by atoms with Crippen molar-refractivity contribution in [2.24, 2.45) is 5.92 Å². The van der Waals surface area contributed by atoms with E-state index in [1.807, 2.05) is 0 Å². The highest BCUT2D eigenvalue weighted by molar-refractivity contribution is 7.15. The van der Waals surface area contributed by atoms with Crippen LogP contribution in [0.25, 0.3) is 4.96 Å². The quantitative estimate of drug-likeness (QED) is 0.852. The third kappa shape index (κ3) is 2.69. The van der Waals surface area contributed by atoms with Crippen molar-refractivity contribution in [3.05, 3.63) is 23.5 Å². The molecule has 0 radical (unpaired) electrons. The highest BCUT2D eigenvalue weighted by atomic mass is 32.1. The van der Waals surface area contributed by atoms with Crippen molar-refractivity contribution in [1.82, 2.24) is 14.7 Å². The van der Waals surface area contributed by atoms with Crippen molar-refractivity contribution >= 4 is 16.3 Å². The van der Waals surface area contributed by atoms with E-state index in [1.165, 1.54) is 25.7 Å². The molecule has 0 aromatic carbocycles. The van der Waals surface area contributed by atoms with Crippen LogP contribution < -0.4 is 5.32 Å². The van der Waals surface area contributed by atoms with Gasteiger partial charge in [0.1, 0.15) is 0 Å². The molecule has 0 spiro atoms. The number of thiazole rings is 1. The molecule has 1 fully saturated rings. The number of hydrogen-bond donors (Lipinski definition) is 1. The SMILES string of the molecule is CCC(CC1CC1)NCc1cn2ccsc2n1. The molecular formula is C13H19N3S. The molecule has 92 valence electrons. The molecule has 1 atom stereocenters. The Morgan fingerprint density at radius 3 is 3.18 bits per heavy atom. The van der Waals surface area contributed by atoms with Crippen molar-refractivity contribution in [2.75, 3.05) is 0 Å². The van der Waals surface area contributed by atoms with E-state index < -0.39 is 0 Å². The summed E-state index contributed by atoms with van der Waals surface area (Å²) in [4.78, 5) is 5.69. The molecule has 1 unspecified atom stereocenters. The summed E-state index contributed by atoms with van der Waals surface area (Å²) in [7, 11) is 0. The molecule has 1 aliphatic carbocycles. The van der Waals surface area contributed by atoms with Gasteiger partial charge in [-0.05, 0) is 18.8 Å². The molecule has 0 aliphatic heterocycles. The molecule has 2 heterocycles. The number of fused-ring (bicyclic) bond motifs is 1. The van der Waals surface area contributed by atoms with Crippen LogP contribution in [0.5, 0.6) is 0 Å². The van der Waals surface area contributed by atoms with Gasteiger partial charge in [-0.15, -0.1) is 11.3 Å². The minimum Gasteiger partial charge on any atom is -0.308 e. The molecular weight excluding hydrogens is 230 g/mol. The average Bonchev–Trinajstić information content (AvgIpc) is 2.89. The first-order valence-corrected chi connectivity index (χ1v) is 7.37. The van der Waals surface area contributed by atoms with Gasteiger partial charge < -0.3 is 5.32 Å². The van der Waals surface area contributed by atoms with Gasteiger partial charge in [0.25, 0.3) is 0 Å². The van der Waals surface area contributed by atoms with Crippen LogP contribution in [0, 0.1) is 5.92 Å². The Bertz CT molecular complexity index is 455. The normalized spacial score (nSPS) is 17.7. The predicted octanol–water partition coefficient (Wildman–Crippen LogP) is 3.06. The minimum absolute atomic E-state index is 0.669. The Hall–Kier alpha value is -0.870.